The second-order valence-corrected chi connectivity index (χ2v) is 7.94. The third-order valence-corrected chi connectivity index (χ3v) is 5.84. The number of halogens is 2. The van der Waals surface area contributed by atoms with Crippen LogP contribution < -0.4 is 5.32 Å². The molecule has 2 aromatic rings. The van der Waals surface area contributed by atoms with Crippen molar-refractivity contribution in [2.45, 2.75) is 52.1 Å². The smallest absolute Gasteiger partial charge is 0.262 e. The van der Waals surface area contributed by atoms with Gasteiger partial charge in [0.2, 0.25) is 0 Å². The van der Waals surface area contributed by atoms with Gasteiger partial charge in [0.05, 0.1) is 12.2 Å². The summed E-state index contributed by atoms with van der Waals surface area (Å²) in [7, 11) is 0. The van der Waals surface area contributed by atoms with E-state index in [2.05, 4.69) is 17.3 Å². The molecule has 0 bridgehead atoms. The van der Waals surface area contributed by atoms with Crippen molar-refractivity contribution in [1.82, 2.24) is 15.1 Å². The second kappa shape index (κ2) is 9.23. The summed E-state index contributed by atoms with van der Waals surface area (Å²) in [5, 5.41) is 17.3. The van der Waals surface area contributed by atoms with Crippen LogP contribution in [0.3, 0.4) is 0 Å². The average Bonchev–Trinajstić information content (AvgIpc) is 2.96. The van der Waals surface area contributed by atoms with Gasteiger partial charge in [-0.05, 0) is 49.5 Å². The van der Waals surface area contributed by atoms with Crippen LogP contribution in [0.2, 0.25) is 5.15 Å². The van der Waals surface area contributed by atoms with Gasteiger partial charge in [-0.2, -0.15) is 10.4 Å². The van der Waals surface area contributed by atoms with Gasteiger partial charge in [-0.25, -0.2) is 9.07 Å². The Morgan fingerprint density at radius 3 is 2.72 bits per heavy atom. The van der Waals surface area contributed by atoms with Gasteiger partial charge in [0, 0.05) is 11.6 Å². The minimum atomic E-state index is -0.381. The Labute approximate surface area is 175 Å². The summed E-state index contributed by atoms with van der Waals surface area (Å²) in [4.78, 5) is 12.6. The molecule has 1 saturated carbocycles. The van der Waals surface area contributed by atoms with Crippen LogP contribution in [0.5, 0.6) is 0 Å². The first kappa shape index (κ1) is 21.1. The average molecular weight is 415 g/mol. The molecular formula is C22H24ClFN4O. The predicted molar refractivity (Wildman–Crippen MR) is 111 cm³/mol. The van der Waals surface area contributed by atoms with Crippen molar-refractivity contribution in [3.63, 3.8) is 0 Å². The summed E-state index contributed by atoms with van der Waals surface area (Å²) in [6.07, 6.45) is 5.77. The quantitative estimate of drug-likeness (QED) is 0.572. The van der Waals surface area contributed by atoms with E-state index >= 15 is 0 Å². The molecule has 1 N–H and O–H groups in total. The number of carbonyl (C=O) groups excluding carboxylic acids is 1. The number of hydrogen-bond acceptors (Lipinski definition) is 3. The van der Waals surface area contributed by atoms with Crippen molar-refractivity contribution >= 4 is 23.6 Å². The highest BCUT2D eigenvalue weighted by molar-refractivity contribution is 6.31. The summed E-state index contributed by atoms with van der Waals surface area (Å²) in [6.45, 7) is 4.26. The van der Waals surface area contributed by atoms with E-state index in [1.165, 1.54) is 24.6 Å². The molecule has 1 aliphatic rings. The second-order valence-electron chi connectivity index (χ2n) is 7.59. The third-order valence-electron chi connectivity index (χ3n) is 5.44. The lowest BCUT2D eigenvalue weighted by Crippen LogP contribution is -2.41. The molecule has 152 valence electrons. The van der Waals surface area contributed by atoms with Crippen LogP contribution in [0.15, 0.2) is 29.8 Å². The van der Waals surface area contributed by atoms with Crippen LogP contribution in [0.25, 0.3) is 6.08 Å². The summed E-state index contributed by atoms with van der Waals surface area (Å²) in [5.41, 5.74) is 2.01. The van der Waals surface area contributed by atoms with Gasteiger partial charge >= 0.3 is 0 Å². The minimum Gasteiger partial charge on any atom is -0.348 e. The summed E-state index contributed by atoms with van der Waals surface area (Å²) >= 11 is 6.47. The number of aromatic nitrogens is 2. The number of aryl methyl sites for hydroxylation is 1. The van der Waals surface area contributed by atoms with Crippen LogP contribution >= 0.6 is 11.6 Å². The van der Waals surface area contributed by atoms with E-state index in [1.807, 2.05) is 6.07 Å². The molecular weight excluding hydrogens is 391 g/mol. The third kappa shape index (κ3) is 5.04. The first-order chi connectivity index (χ1) is 13.9. The van der Waals surface area contributed by atoms with Crippen molar-refractivity contribution in [2.75, 3.05) is 0 Å². The maximum absolute atomic E-state index is 13.1. The highest BCUT2D eigenvalue weighted by Gasteiger charge is 2.24. The topological polar surface area (TPSA) is 70.7 Å². The van der Waals surface area contributed by atoms with Crippen molar-refractivity contribution < 1.29 is 9.18 Å². The fourth-order valence-electron chi connectivity index (χ4n) is 3.67. The fraction of sp³-hybridized carbons (Fsp3) is 0.409. The van der Waals surface area contributed by atoms with Gasteiger partial charge in [0.15, 0.2) is 0 Å². The van der Waals surface area contributed by atoms with Gasteiger partial charge in [-0.1, -0.05) is 43.5 Å². The number of nitrogens with one attached hydrogen (secondary N) is 1. The molecule has 0 spiro atoms. The SMILES string of the molecule is Cc1nn(Cc2ccc(F)cc2)c(Cl)c1/C=C(\C#N)C(=O)N[C@@H]1CCCC[C@H]1C. The summed E-state index contributed by atoms with van der Waals surface area (Å²) in [6, 6.07) is 8.16. The summed E-state index contributed by atoms with van der Waals surface area (Å²) < 4.78 is 14.7. The molecule has 5 nitrogen and oxygen atoms in total. The first-order valence-electron chi connectivity index (χ1n) is 9.79. The van der Waals surface area contributed by atoms with Crippen LogP contribution in [0.1, 0.15) is 49.4 Å². The number of amides is 1. The lowest BCUT2D eigenvalue weighted by molar-refractivity contribution is -0.118. The van der Waals surface area contributed by atoms with Crippen LogP contribution in [0.4, 0.5) is 4.39 Å². The Kier molecular flexibility index (Phi) is 6.71. The number of hydrogen-bond donors (Lipinski definition) is 1. The molecule has 1 aliphatic carbocycles. The number of carbonyl (C=O) groups is 1. The zero-order chi connectivity index (χ0) is 21.0. The Balaban J connectivity index is 1.80. The number of nitriles is 1. The highest BCUT2D eigenvalue weighted by atomic mass is 35.5. The zero-order valence-corrected chi connectivity index (χ0v) is 17.3. The molecule has 3 rings (SSSR count). The highest BCUT2D eigenvalue weighted by Crippen LogP contribution is 2.26. The largest absolute Gasteiger partial charge is 0.348 e. The molecule has 0 saturated heterocycles. The van der Waals surface area contributed by atoms with E-state index < -0.39 is 0 Å². The van der Waals surface area contributed by atoms with Crippen molar-refractivity contribution in [3.8, 4) is 6.07 Å². The lowest BCUT2D eigenvalue weighted by Gasteiger charge is -2.29. The maximum Gasteiger partial charge on any atom is 0.262 e. The van der Waals surface area contributed by atoms with Gasteiger partial charge in [-0.3, -0.25) is 4.79 Å². The number of benzene rings is 1. The number of nitrogens with zero attached hydrogens (tertiary/aromatic N) is 3. The molecule has 0 unspecified atom stereocenters. The molecule has 1 fully saturated rings. The molecule has 1 amide bonds. The molecule has 1 aromatic carbocycles. The molecule has 2 atom stereocenters. The standard InChI is InChI=1S/C22H24ClFN4O/c1-14-5-3-4-6-20(14)26-22(29)17(12-25)11-19-15(2)27-28(21(19)23)13-16-7-9-18(24)10-8-16/h7-11,14,20H,3-6,13H2,1-2H3,(H,26,29)/b17-11+/t14-,20-/m1/s1. The predicted octanol–water partition coefficient (Wildman–Crippen LogP) is 4.63. The van der Waals surface area contributed by atoms with Crippen LogP contribution in [0, 0.1) is 30.0 Å². The molecule has 7 heteroatoms. The van der Waals surface area contributed by atoms with Gasteiger partial charge in [0.1, 0.15) is 22.6 Å². The van der Waals surface area contributed by atoms with Gasteiger partial charge < -0.3 is 5.32 Å². The normalized spacial score (nSPS) is 19.6. The van der Waals surface area contributed by atoms with Crippen molar-refractivity contribution in [2.24, 2.45) is 5.92 Å². The monoisotopic (exact) mass is 414 g/mol. The van der Waals surface area contributed by atoms with E-state index in [-0.39, 0.29) is 23.3 Å². The van der Waals surface area contributed by atoms with E-state index in [0.717, 1.165) is 24.8 Å². The van der Waals surface area contributed by atoms with Crippen molar-refractivity contribution in [1.29, 1.82) is 5.26 Å². The Morgan fingerprint density at radius 2 is 2.07 bits per heavy atom. The molecule has 0 radical (unpaired) electrons. The van der Waals surface area contributed by atoms with E-state index in [1.54, 1.807) is 23.7 Å². The zero-order valence-electron chi connectivity index (χ0n) is 16.6. The molecule has 1 aromatic heterocycles. The Morgan fingerprint density at radius 1 is 1.38 bits per heavy atom. The number of rotatable bonds is 5. The Bertz CT molecular complexity index is 958. The first-order valence-corrected chi connectivity index (χ1v) is 10.2. The summed E-state index contributed by atoms with van der Waals surface area (Å²) in [5.74, 6) is -0.290. The maximum atomic E-state index is 13.1. The lowest BCUT2D eigenvalue weighted by atomic mass is 9.86. The van der Waals surface area contributed by atoms with Crippen molar-refractivity contribution in [3.05, 3.63) is 57.6 Å². The molecule has 1 heterocycles. The van der Waals surface area contributed by atoms with Crippen LogP contribution in [-0.4, -0.2) is 21.7 Å². The Hall–Kier alpha value is -2.65. The van der Waals surface area contributed by atoms with E-state index in [0.29, 0.717) is 28.9 Å². The van der Waals surface area contributed by atoms with E-state index in [9.17, 15) is 14.4 Å². The van der Waals surface area contributed by atoms with E-state index in [4.69, 9.17) is 11.6 Å². The van der Waals surface area contributed by atoms with Gasteiger partial charge in [-0.15, -0.1) is 0 Å². The van der Waals surface area contributed by atoms with Gasteiger partial charge in [0.25, 0.3) is 5.91 Å². The minimum absolute atomic E-state index is 0.00843. The van der Waals surface area contributed by atoms with Crippen LogP contribution in [-0.2, 0) is 11.3 Å². The molecule has 0 aliphatic heterocycles. The fourth-order valence-corrected chi connectivity index (χ4v) is 3.96. The molecule has 29 heavy (non-hydrogen) atoms.